The van der Waals surface area contributed by atoms with E-state index < -0.39 is 0 Å². The summed E-state index contributed by atoms with van der Waals surface area (Å²) in [6.45, 7) is 2.63. The average molecular weight is 176 g/mol. The molecular weight excluding hydrogens is 164 g/mol. The van der Waals surface area contributed by atoms with Gasteiger partial charge in [0.1, 0.15) is 12.6 Å². The zero-order valence-corrected chi connectivity index (χ0v) is 7.53. The summed E-state index contributed by atoms with van der Waals surface area (Å²) in [5.74, 6) is 0. The van der Waals surface area contributed by atoms with Crippen LogP contribution in [0, 0.1) is 6.92 Å². The van der Waals surface area contributed by atoms with E-state index in [2.05, 4.69) is 24.0 Å². The van der Waals surface area contributed by atoms with E-state index in [0.29, 0.717) is 12.6 Å². The molecule has 3 nitrogen and oxygen atoms in total. The van der Waals surface area contributed by atoms with E-state index in [9.17, 15) is 0 Å². The van der Waals surface area contributed by atoms with Crippen molar-refractivity contribution in [2.24, 2.45) is 10.7 Å². The summed E-state index contributed by atoms with van der Waals surface area (Å²) in [6, 6.07) is 8.54. The monoisotopic (exact) mass is 176 g/mol. The van der Waals surface area contributed by atoms with Gasteiger partial charge in [-0.3, -0.25) is 0 Å². The van der Waals surface area contributed by atoms with Crippen LogP contribution in [0.3, 0.4) is 0 Å². The number of hydrogen-bond donors (Lipinski definition) is 1. The van der Waals surface area contributed by atoms with Gasteiger partial charge >= 0.3 is 0 Å². The number of aryl methyl sites for hydroxylation is 1. The van der Waals surface area contributed by atoms with Crippen LogP contribution in [0.4, 0.5) is 0 Å². The molecule has 0 fully saturated rings. The Bertz CT molecular complexity index is 347. The van der Waals surface area contributed by atoms with Crippen molar-refractivity contribution in [3.63, 3.8) is 0 Å². The number of benzene rings is 1. The molecule has 0 radical (unpaired) electrons. The van der Waals surface area contributed by atoms with Gasteiger partial charge in [0, 0.05) is 0 Å². The fraction of sp³-hybridized carbons (Fsp3) is 0.300. The fourth-order valence-corrected chi connectivity index (χ4v) is 1.51. The topological polar surface area (TPSA) is 47.6 Å². The van der Waals surface area contributed by atoms with Gasteiger partial charge in [0.15, 0.2) is 0 Å². The normalized spacial score (nSPS) is 21.0. The van der Waals surface area contributed by atoms with Crippen molar-refractivity contribution in [1.82, 2.24) is 0 Å². The molecule has 68 valence electrons. The lowest BCUT2D eigenvalue weighted by atomic mass is 10.0. The first-order chi connectivity index (χ1) is 6.27. The molecule has 0 saturated carbocycles. The van der Waals surface area contributed by atoms with Gasteiger partial charge in [0.25, 0.3) is 6.02 Å². The molecule has 13 heavy (non-hydrogen) atoms. The smallest absolute Gasteiger partial charge is 0.282 e. The van der Waals surface area contributed by atoms with Crippen molar-refractivity contribution in [1.29, 1.82) is 0 Å². The number of rotatable bonds is 1. The first kappa shape index (κ1) is 8.10. The lowest BCUT2D eigenvalue weighted by Crippen LogP contribution is -2.10. The second kappa shape index (κ2) is 3.09. The Hall–Kier alpha value is -1.51. The molecule has 1 aliphatic heterocycles. The van der Waals surface area contributed by atoms with Gasteiger partial charge in [-0.1, -0.05) is 24.3 Å². The number of nitrogens with two attached hydrogens (primary N) is 1. The Labute approximate surface area is 77.2 Å². The van der Waals surface area contributed by atoms with E-state index in [4.69, 9.17) is 10.5 Å². The summed E-state index contributed by atoms with van der Waals surface area (Å²) < 4.78 is 5.10. The zero-order chi connectivity index (χ0) is 9.26. The van der Waals surface area contributed by atoms with Crippen LogP contribution >= 0.6 is 0 Å². The number of nitrogens with zero attached hydrogens (tertiary/aromatic N) is 1. The van der Waals surface area contributed by atoms with Crippen molar-refractivity contribution in [2.75, 3.05) is 6.61 Å². The number of aliphatic imine (C=N–C) groups is 1. The van der Waals surface area contributed by atoms with E-state index in [0.717, 1.165) is 0 Å². The highest BCUT2D eigenvalue weighted by Gasteiger charge is 2.19. The second-order valence-electron chi connectivity index (χ2n) is 3.15. The molecule has 0 amide bonds. The van der Waals surface area contributed by atoms with Gasteiger partial charge in [0.2, 0.25) is 0 Å². The van der Waals surface area contributed by atoms with Gasteiger partial charge < -0.3 is 10.5 Å². The Kier molecular flexibility index (Phi) is 1.93. The molecule has 2 rings (SSSR count). The summed E-state index contributed by atoms with van der Waals surface area (Å²) in [7, 11) is 0. The van der Waals surface area contributed by atoms with Gasteiger partial charge in [-0.25, -0.2) is 4.99 Å². The van der Waals surface area contributed by atoms with Crippen LogP contribution in [-0.2, 0) is 4.74 Å². The molecule has 0 spiro atoms. The highest BCUT2D eigenvalue weighted by molar-refractivity contribution is 5.73. The van der Waals surface area contributed by atoms with Gasteiger partial charge in [0.05, 0.1) is 0 Å². The molecule has 0 aliphatic carbocycles. The first-order valence-electron chi connectivity index (χ1n) is 4.29. The molecule has 0 unspecified atom stereocenters. The highest BCUT2D eigenvalue weighted by atomic mass is 16.5. The summed E-state index contributed by atoms with van der Waals surface area (Å²) in [5, 5.41) is 0. The predicted molar refractivity (Wildman–Crippen MR) is 51.5 cm³/mol. The molecule has 2 N–H and O–H groups in total. The molecule has 3 heteroatoms. The summed E-state index contributed by atoms with van der Waals surface area (Å²) in [5.41, 5.74) is 7.87. The third-order valence-electron chi connectivity index (χ3n) is 2.22. The third kappa shape index (κ3) is 1.49. The van der Waals surface area contributed by atoms with E-state index in [1.54, 1.807) is 0 Å². The van der Waals surface area contributed by atoms with E-state index in [-0.39, 0.29) is 6.04 Å². The van der Waals surface area contributed by atoms with Crippen molar-refractivity contribution < 1.29 is 4.74 Å². The quantitative estimate of drug-likeness (QED) is 0.702. The lowest BCUT2D eigenvalue weighted by molar-refractivity contribution is 0.315. The van der Waals surface area contributed by atoms with Crippen LogP contribution in [0.25, 0.3) is 0 Å². The van der Waals surface area contributed by atoms with E-state index in [1.165, 1.54) is 11.1 Å². The van der Waals surface area contributed by atoms with Crippen LogP contribution in [-0.4, -0.2) is 12.6 Å². The third-order valence-corrected chi connectivity index (χ3v) is 2.22. The van der Waals surface area contributed by atoms with Crippen LogP contribution in [0.1, 0.15) is 17.2 Å². The highest BCUT2D eigenvalue weighted by Crippen LogP contribution is 2.24. The summed E-state index contributed by atoms with van der Waals surface area (Å²) in [4.78, 5) is 4.19. The zero-order valence-electron chi connectivity index (χ0n) is 7.53. The Morgan fingerprint density at radius 3 is 2.85 bits per heavy atom. The Morgan fingerprint density at radius 1 is 1.46 bits per heavy atom. The first-order valence-corrected chi connectivity index (χ1v) is 4.29. The van der Waals surface area contributed by atoms with Crippen LogP contribution in [0.2, 0.25) is 0 Å². The van der Waals surface area contributed by atoms with Gasteiger partial charge in [-0.2, -0.15) is 0 Å². The molecule has 0 aromatic heterocycles. The Balaban J connectivity index is 2.31. The summed E-state index contributed by atoms with van der Waals surface area (Å²) in [6.07, 6.45) is 0. The van der Waals surface area contributed by atoms with Crippen LogP contribution < -0.4 is 5.73 Å². The van der Waals surface area contributed by atoms with Crippen molar-refractivity contribution >= 4 is 6.02 Å². The lowest BCUT2D eigenvalue weighted by Gasteiger charge is -2.07. The number of amidine groups is 1. The summed E-state index contributed by atoms with van der Waals surface area (Å²) >= 11 is 0. The van der Waals surface area contributed by atoms with Crippen molar-refractivity contribution in [3.8, 4) is 0 Å². The number of ether oxygens (including phenoxy) is 1. The standard InChI is InChI=1S/C10H12N2O/c1-7-4-2-3-5-8(7)9-6-13-10(11)12-9/h2-5,9H,6H2,1H3,(H2,11,12)/t9-/m1/s1. The predicted octanol–water partition coefficient (Wildman–Crippen LogP) is 1.38. The molecular formula is C10H12N2O. The maximum atomic E-state index is 5.44. The molecule has 1 aliphatic rings. The minimum Gasteiger partial charge on any atom is -0.463 e. The molecule has 1 atom stereocenters. The maximum Gasteiger partial charge on any atom is 0.282 e. The largest absolute Gasteiger partial charge is 0.463 e. The average Bonchev–Trinajstić information content (AvgIpc) is 2.53. The minimum atomic E-state index is 0.0844. The van der Waals surface area contributed by atoms with E-state index >= 15 is 0 Å². The molecule has 0 bridgehead atoms. The number of hydrogen-bond acceptors (Lipinski definition) is 3. The molecule has 0 saturated heterocycles. The second-order valence-corrected chi connectivity index (χ2v) is 3.15. The SMILES string of the molecule is Cc1ccccc1[C@H]1COC(N)=N1. The minimum absolute atomic E-state index is 0.0844. The molecule has 1 aromatic rings. The van der Waals surface area contributed by atoms with Crippen molar-refractivity contribution in [3.05, 3.63) is 35.4 Å². The Morgan fingerprint density at radius 2 is 2.23 bits per heavy atom. The van der Waals surface area contributed by atoms with Gasteiger partial charge in [-0.15, -0.1) is 0 Å². The van der Waals surface area contributed by atoms with E-state index in [1.807, 2.05) is 12.1 Å². The fourth-order valence-electron chi connectivity index (χ4n) is 1.51. The maximum absolute atomic E-state index is 5.44. The molecule has 1 heterocycles. The van der Waals surface area contributed by atoms with Gasteiger partial charge in [-0.05, 0) is 18.1 Å². The molecule has 1 aromatic carbocycles. The van der Waals surface area contributed by atoms with Crippen molar-refractivity contribution in [2.45, 2.75) is 13.0 Å². The van der Waals surface area contributed by atoms with Crippen LogP contribution in [0.5, 0.6) is 0 Å². The van der Waals surface area contributed by atoms with Crippen LogP contribution in [0.15, 0.2) is 29.3 Å².